The van der Waals surface area contributed by atoms with E-state index >= 15 is 0 Å². The van der Waals surface area contributed by atoms with Gasteiger partial charge in [-0.3, -0.25) is 0 Å². The molecule has 6 heteroatoms. The Morgan fingerprint density at radius 1 is 1.25 bits per heavy atom. The number of aromatic hydroxyl groups is 1. The first-order valence-electron chi connectivity index (χ1n) is 6.12. The average molecular weight is 295 g/mol. The summed E-state index contributed by atoms with van der Waals surface area (Å²) in [6.45, 7) is 2.66. The van der Waals surface area contributed by atoms with Crippen LogP contribution in [0.1, 0.15) is 12.6 Å². The van der Waals surface area contributed by atoms with Crippen molar-refractivity contribution in [3.05, 3.63) is 35.1 Å². The van der Waals surface area contributed by atoms with Crippen LogP contribution in [-0.4, -0.2) is 28.8 Å². The van der Waals surface area contributed by atoms with Gasteiger partial charge in [0.25, 0.3) is 0 Å². The molecule has 0 atom stereocenters. The van der Waals surface area contributed by atoms with Gasteiger partial charge in [0.05, 0.1) is 18.9 Å². The maximum absolute atomic E-state index is 9.69. The summed E-state index contributed by atoms with van der Waals surface area (Å²) in [4.78, 5) is 8.55. The normalized spacial score (nSPS) is 10.6. The summed E-state index contributed by atoms with van der Waals surface area (Å²) in [5.41, 5.74) is 1.40. The molecule has 2 rings (SSSR count). The van der Waals surface area contributed by atoms with Gasteiger partial charge in [0, 0.05) is 12.7 Å². The maximum Gasteiger partial charge on any atom is 0.161 e. The Morgan fingerprint density at radius 2 is 2.05 bits per heavy atom. The maximum atomic E-state index is 9.69. The monoisotopic (exact) mass is 294 g/mol. The van der Waals surface area contributed by atoms with Gasteiger partial charge in [-0.1, -0.05) is 11.6 Å². The fourth-order valence-corrected chi connectivity index (χ4v) is 1.95. The second-order valence-electron chi connectivity index (χ2n) is 4.05. The van der Waals surface area contributed by atoms with Crippen LogP contribution < -0.4 is 4.74 Å². The van der Waals surface area contributed by atoms with Crippen molar-refractivity contribution >= 4 is 11.6 Å². The van der Waals surface area contributed by atoms with Crippen LogP contribution in [0.15, 0.2) is 24.3 Å². The van der Waals surface area contributed by atoms with Crippen molar-refractivity contribution in [2.75, 3.05) is 13.7 Å². The Morgan fingerprint density at radius 3 is 2.75 bits per heavy atom. The number of aromatic nitrogens is 2. The minimum absolute atomic E-state index is 0.0785. The molecule has 0 aliphatic heterocycles. The number of phenolic OH excluding ortho intramolecular Hbond substituents is 1. The molecule has 0 unspecified atom stereocenters. The lowest BCUT2D eigenvalue weighted by Crippen LogP contribution is -1.98. The number of phenols is 1. The Balaban J connectivity index is 2.42. The number of hydrogen-bond donors (Lipinski definition) is 1. The van der Waals surface area contributed by atoms with E-state index in [-0.39, 0.29) is 5.75 Å². The SMILES string of the molecule is CCOc1cc(-c2nc(Cl)cc(COC)n2)ccc1O. The molecular formula is C14H15ClN2O3. The molecule has 2 aromatic rings. The molecule has 0 radical (unpaired) electrons. The molecule has 106 valence electrons. The van der Waals surface area contributed by atoms with Crippen molar-refractivity contribution in [1.29, 1.82) is 0 Å². The Bertz CT molecular complexity index is 605. The van der Waals surface area contributed by atoms with E-state index in [1.807, 2.05) is 6.92 Å². The first-order valence-corrected chi connectivity index (χ1v) is 6.50. The molecule has 0 amide bonds. The highest BCUT2D eigenvalue weighted by molar-refractivity contribution is 6.29. The summed E-state index contributed by atoms with van der Waals surface area (Å²) in [6, 6.07) is 6.58. The molecular weight excluding hydrogens is 280 g/mol. The molecule has 0 saturated heterocycles. The number of benzene rings is 1. The van der Waals surface area contributed by atoms with Gasteiger partial charge >= 0.3 is 0 Å². The second-order valence-corrected chi connectivity index (χ2v) is 4.44. The van der Waals surface area contributed by atoms with Crippen LogP contribution in [0, 0.1) is 0 Å². The standard InChI is InChI=1S/C14H15ClN2O3/c1-3-20-12-6-9(4-5-11(12)18)14-16-10(8-19-2)7-13(15)17-14/h4-7,18H,3,8H2,1-2H3. The smallest absolute Gasteiger partial charge is 0.161 e. The van der Waals surface area contributed by atoms with Crippen LogP contribution in [0.2, 0.25) is 5.15 Å². The van der Waals surface area contributed by atoms with Crippen molar-refractivity contribution in [3.8, 4) is 22.9 Å². The van der Waals surface area contributed by atoms with E-state index in [0.717, 1.165) is 0 Å². The highest BCUT2D eigenvalue weighted by Gasteiger charge is 2.10. The van der Waals surface area contributed by atoms with E-state index in [0.29, 0.717) is 41.2 Å². The number of rotatable bonds is 5. The van der Waals surface area contributed by atoms with Crippen molar-refractivity contribution in [3.63, 3.8) is 0 Å². The summed E-state index contributed by atoms with van der Waals surface area (Å²) < 4.78 is 10.4. The van der Waals surface area contributed by atoms with Crippen molar-refractivity contribution in [1.82, 2.24) is 9.97 Å². The Labute approximate surface area is 122 Å². The molecule has 5 nitrogen and oxygen atoms in total. The van der Waals surface area contributed by atoms with Gasteiger partial charge in [-0.25, -0.2) is 9.97 Å². The van der Waals surface area contributed by atoms with Crippen LogP contribution in [0.4, 0.5) is 0 Å². The van der Waals surface area contributed by atoms with Gasteiger partial charge in [0.15, 0.2) is 17.3 Å². The molecule has 0 spiro atoms. The molecule has 0 bridgehead atoms. The Kier molecular flexibility index (Phi) is 4.76. The lowest BCUT2D eigenvalue weighted by atomic mass is 10.2. The van der Waals surface area contributed by atoms with E-state index in [4.69, 9.17) is 21.1 Å². The summed E-state index contributed by atoms with van der Waals surface area (Å²) in [5, 5.41) is 10.0. The first kappa shape index (κ1) is 14.6. The van der Waals surface area contributed by atoms with Gasteiger partial charge in [0.2, 0.25) is 0 Å². The van der Waals surface area contributed by atoms with Gasteiger partial charge in [-0.05, 0) is 31.2 Å². The third kappa shape index (κ3) is 3.37. The fraction of sp³-hybridized carbons (Fsp3) is 0.286. The topological polar surface area (TPSA) is 64.5 Å². The summed E-state index contributed by atoms with van der Waals surface area (Å²) in [7, 11) is 1.59. The summed E-state index contributed by atoms with van der Waals surface area (Å²) in [6.07, 6.45) is 0. The number of nitrogens with zero attached hydrogens (tertiary/aromatic N) is 2. The molecule has 0 aliphatic carbocycles. The van der Waals surface area contributed by atoms with E-state index in [2.05, 4.69) is 9.97 Å². The fourth-order valence-electron chi connectivity index (χ4n) is 1.74. The van der Waals surface area contributed by atoms with Gasteiger partial charge in [-0.2, -0.15) is 0 Å². The zero-order chi connectivity index (χ0) is 14.5. The molecule has 0 fully saturated rings. The molecule has 1 N–H and O–H groups in total. The molecule has 1 aromatic carbocycles. The average Bonchev–Trinajstić information content (AvgIpc) is 2.41. The van der Waals surface area contributed by atoms with E-state index < -0.39 is 0 Å². The number of ether oxygens (including phenoxy) is 2. The van der Waals surface area contributed by atoms with Crippen LogP contribution in [0.3, 0.4) is 0 Å². The highest BCUT2D eigenvalue weighted by Crippen LogP contribution is 2.30. The predicted octanol–water partition coefficient (Wildman–Crippen LogP) is 3.05. The van der Waals surface area contributed by atoms with Gasteiger partial charge < -0.3 is 14.6 Å². The van der Waals surface area contributed by atoms with Crippen molar-refractivity contribution in [2.24, 2.45) is 0 Å². The molecule has 20 heavy (non-hydrogen) atoms. The number of halogens is 1. The number of hydrogen-bond acceptors (Lipinski definition) is 5. The Hall–Kier alpha value is -1.85. The summed E-state index contributed by atoms with van der Waals surface area (Å²) in [5.74, 6) is 0.933. The van der Waals surface area contributed by atoms with Gasteiger partial charge in [-0.15, -0.1) is 0 Å². The van der Waals surface area contributed by atoms with Crippen LogP contribution in [0.5, 0.6) is 11.5 Å². The van der Waals surface area contributed by atoms with Crippen LogP contribution >= 0.6 is 11.6 Å². The quantitative estimate of drug-likeness (QED) is 0.859. The lowest BCUT2D eigenvalue weighted by molar-refractivity contribution is 0.181. The summed E-state index contributed by atoms with van der Waals surface area (Å²) >= 11 is 5.98. The van der Waals surface area contributed by atoms with E-state index in [1.165, 1.54) is 0 Å². The second kappa shape index (κ2) is 6.54. The zero-order valence-electron chi connectivity index (χ0n) is 11.3. The third-order valence-electron chi connectivity index (χ3n) is 2.56. The number of methoxy groups -OCH3 is 1. The molecule has 1 aromatic heterocycles. The molecule has 0 saturated carbocycles. The minimum Gasteiger partial charge on any atom is -0.504 e. The minimum atomic E-state index is 0.0785. The van der Waals surface area contributed by atoms with E-state index in [9.17, 15) is 5.11 Å². The van der Waals surface area contributed by atoms with Crippen molar-refractivity contribution < 1.29 is 14.6 Å². The predicted molar refractivity (Wildman–Crippen MR) is 76.0 cm³/mol. The van der Waals surface area contributed by atoms with Crippen molar-refractivity contribution in [2.45, 2.75) is 13.5 Å². The van der Waals surface area contributed by atoms with E-state index in [1.54, 1.807) is 31.4 Å². The highest BCUT2D eigenvalue weighted by atomic mass is 35.5. The van der Waals surface area contributed by atoms with Crippen LogP contribution in [0.25, 0.3) is 11.4 Å². The molecule has 1 heterocycles. The largest absolute Gasteiger partial charge is 0.504 e. The first-order chi connectivity index (χ1) is 9.63. The van der Waals surface area contributed by atoms with Crippen LogP contribution in [-0.2, 0) is 11.3 Å². The zero-order valence-corrected chi connectivity index (χ0v) is 12.0. The molecule has 0 aliphatic rings. The van der Waals surface area contributed by atoms with Gasteiger partial charge in [0.1, 0.15) is 5.15 Å². The third-order valence-corrected chi connectivity index (χ3v) is 2.75. The lowest BCUT2D eigenvalue weighted by Gasteiger charge is -2.09.